The predicted octanol–water partition coefficient (Wildman–Crippen LogP) is 4.36. The zero-order chi connectivity index (χ0) is 18.4. The Labute approximate surface area is 155 Å². The number of hydrogen-bond donors (Lipinski definition) is 0. The average Bonchev–Trinajstić information content (AvgIpc) is 2.67. The third-order valence-corrected chi connectivity index (χ3v) is 4.91. The molecule has 0 bridgehead atoms. The van der Waals surface area contributed by atoms with Gasteiger partial charge in [0.2, 0.25) is 0 Å². The number of hydrogen-bond acceptors (Lipinski definition) is 3. The SMILES string of the molecule is C=CCN(CC=C)CC[C@@]1(c2ccccc2)Cc2ccccc2C(=O)O1. The van der Waals surface area contributed by atoms with Crippen LogP contribution in [0.4, 0.5) is 0 Å². The average molecular weight is 347 g/mol. The molecule has 0 unspecified atom stereocenters. The summed E-state index contributed by atoms with van der Waals surface area (Å²) in [6.45, 7) is 10.0. The lowest BCUT2D eigenvalue weighted by Gasteiger charge is -2.39. The Bertz CT molecular complexity index is 774. The van der Waals surface area contributed by atoms with E-state index in [0.29, 0.717) is 12.0 Å². The lowest BCUT2D eigenvalue weighted by Crippen LogP contribution is -2.42. The number of esters is 1. The quantitative estimate of drug-likeness (QED) is 0.525. The molecular weight excluding hydrogens is 322 g/mol. The van der Waals surface area contributed by atoms with Crippen molar-refractivity contribution in [2.24, 2.45) is 0 Å². The van der Waals surface area contributed by atoms with Crippen LogP contribution in [0, 0.1) is 0 Å². The topological polar surface area (TPSA) is 29.5 Å². The number of benzene rings is 2. The largest absolute Gasteiger partial charge is 0.450 e. The van der Waals surface area contributed by atoms with Crippen LogP contribution in [0.5, 0.6) is 0 Å². The van der Waals surface area contributed by atoms with Gasteiger partial charge >= 0.3 is 5.97 Å². The van der Waals surface area contributed by atoms with Crippen LogP contribution in [0.1, 0.15) is 27.9 Å². The van der Waals surface area contributed by atoms with E-state index >= 15 is 0 Å². The molecule has 3 heteroatoms. The van der Waals surface area contributed by atoms with Crippen molar-refractivity contribution in [3.8, 4) is 0 Å². The number of fused-ring (bicyclic) bond motifs is 1. The van der Waals surface area contributed by atoms with E-state index in [1.165, 1.54) is 0 Å². The predicted molar refractivity (Wildman–Crippen MR) is 105 cm³/mol. The molecule has 1 aliphatic rings. The van der Waals surface area contributed by atoms with E-state index in [2.05, 4.69) is 18.1 Å². The molecule has 2 aromatic carbocycles. The molecule has 0 aromatic heterocycles. The van der Waals surface area contributed by atoms with Crippen molar-refractivity contribution in [1.82, 2.24) is 4.90 Å². The summed E-state index contributed by atoms with van der Waals surface area (Å²) in [6.07, 6.45) is 5.19. The number of nitrogens with zero attached hydrogens (tertiary/aromatic N) is 1. The number of carbonyl (C=O) groups is 1. The Morgan fingerprint density at radius 3 is 2.35 bits per heavy atom. The minimum Gasteiger partial charge on any atom is -0.450 e. The lowest BCUT2D eigenvalue weighted by atomic mass is 9.80. The van der Waals surface area contributed by atoms with Crippen molar-refractivity contribution >= 4 is 5.97 Å². The van der Waals surface area contributed by atoms with Gasteiger partial charge in [-0.05, 0) is 17.2 Å². The van der Waals surface area contributed by atoms with Crippen molar-refractivity contribution in [2.45, 2.75) is 18.4 Å². The molecule has 0 saturated heterocycles. The standard InChI is InChI=1S/C23H25NO2/c1-3-15-24(16-4-2)17-14-23(20-11-6-5-7-12-20)18-19-10-8-9-13-21(19)22(25)26-23/h3-13H,1-2,14-18H2/t23-/m0/s1. The van der Waals surface area contributed by atoms with Gasteiger partial charge in [0.05, 0.1) is 5.56 Å². The minimum absolute atomic E-state index is 0.241. The van der Waals surface area contributed by atoms with E-state index in [0.717, 1.165) is 37.2 Å². The van der Waals surface area contributed by atoms with Gasteiger partial charge in [0, 0.05) is 32.5 Å². The molecule has 0 aliphatic carbocycles. The summed E-state index contributed by atoms with van der Waals surface area (Å²) < 4.78 is 6.08. The summed E-state index contributed by atoms with van der Waals surface area (Å²) in [5.74, 6) is -0.241. The summed E-state index contributed by atoms with van der Waals surface area (Å²) in [5.41, 5.74) is 2.12. The Kier molecular flexibility index (Phi) is 5.69. The number of carbonyl (C=O) groups excluding carboxylic acids is 1. The summed E-state index contributed by atoms with van der Waals surface area (Å²) in [6, 6.07) is 17.8. The maximum Gasteiger partial charge on any atom is 0.339 e. The molecule has 1 heterocycles. The monoisotopic (exact) mass is 347 g/mol. The molecule has 0 saturated carbocycles. The zero-order valence-corrected chi connectivity index (χ0v) is 15.1. The Hall–Kier alpha value is -2.65. The fraction of sp³-hybridized carbons (Fsp3) is 0.261. The van der Waals surface area contributed by atoms with E-state index in [4.69, 9.17) is 4.74 Å². The first kappa shape index (κ1) is 18.2. The third kappa shape index (κ3) is 3.78. The maximum atomic E-state index is 12.7. The summed E-state index contributed by atoms with van der Waals surface area (Å²) in [5, 5.41) is 0. The lowest BCUT2D eigenvalue weighted by molar-refractivity contribution is -0.0363. The fourth-order valence-electron chi connectivity index (χ4n) is 3.60. The maximum absolute atomic E-state index is 12.7. The molecule has 0 amide bonds. The molecule has 1 aliphatic heterocycles. The Balaban J connectivity index is 1.93. The molecule has 26 heavy (non-hydrogen) atoms. The van der Waals surface area contributed by atoms with Gasteiger partial charge < -0.3 is 4.74 Å². The second kappa shape index (κ2) is 8.15. The smallest absolute Gasteiger partial charge is 0.339 e. The van der Waals surface area contributed by atoms with Gasteiger partial charge in [-0.1, -0.05) is 60.7 Å². The molecule has 0 N–H and O–H groups in total. The van der Waals surface area contributed by atoms with Crippen LogP contribution in [0.3, 0.4) is 0 Å². The van der Waals surface area contributed by atoms with E-state index < -0.39 is 5.60 Å². The van der Waals surface area contributed by atoms with Crippen molar-refractivity contribution in [3.63, 3.8) is 0 Å². The second-order valence-corrected chi connectivity index (χ2v) is 6.67. The fourth-order valence-corrected chi connectivity index (χ4v) is 3.60. The zero-order valence-electron chi connectivity index (χ0n) is 15.1. The molecule has 0 radical (unpaired) electrons. The molecule has 0 spiro atoms. The summed E-state index contributed by atoms with van der Waals surface area (Å²) in [4.78, 5) is 15.0. The van der Waals surface area contributed by atoms with Crippen LogP contribution in [0.2, 0.25) is 0 Å². The first-order valence-electron chi connectivity index (χ1n) is 8.99. The van der Waals surface area contributed by atoms with Gasteiger partial charge in [-0.2, -0.15) is 0 Å². The van der Waals surface area contributed by atoms with Crippen LogP contribution in [0.25, 0.3) is 0 Å². The van der Waals surface area contributed by atoms with Gasteiger partial charge in [-0.3, -0.25) is 4.90 Å². The van der Waals surface area contributed by atoms with Crippen LogP contribution >= 0.6 is 0 Å². The molecule has 134 valence electrons. The molecule has 0 fully saturated rings. The van der Waals surface area contributed by atoms with E-state index in [-0.39, 0.29) is 5.97 Å². The van der Waals surface area contributed by atoms with Gasteiger partial charge in [0.15, 0.2) is 0 Å². The molecule has 3 nitrogen and oxygen atoms in total. The van der Waals surface area contributed by atoms with Crippen LogP contribution in [-0.2, 0) is 16.8 Å². The number of cyclic esters (lactones) is 1. The van der Waals surface area contributed by atoms with E-state index in [9.17, 15) is 4.79 Å². The Morgan fingerprint density at radius 2 is 1.65 bits per heavy atom. The van der Waals surface area contributed by atoms with Crippen molar-refractivity contribution < 1.29 is 9.53 Å². The molecular formula is C23H25NO2. The van der Waals surface area contributed by atoms with Gasteiger partial charge in [0.1, 0.15) is 5.60 Å². The van der Waals surface area contributed by atoms with Crippen molar-refractivity contribution in [3.05, 3.63) is 96.6 Å². The number of rotatable bonds is 8. The highest BCUT2D eigenvalue weighted by atomic mass is 16.6. The normalized spacial score (nSPS) is 18.9. The van der Waals surface area contributed by atoms with Gasteiger partial charge in [-0.15, -0.1) is 13.2 Å². The van der Waals surface area contributed by atoms with E-state index in [1.807, 2.05) is 66.7 Å². The van der Waals surface area contributed by atoms with Crippen LogP contribution in [-0.4, -0.2) is 30.5 Å². The van der Waals surface area contributed by atoms with Crippen LogP contribution < -0.4 is 0 Å². The summed E-state index contributed by atoms with van der Waals surface area (Å²) >= 11 is 0. The first-order valence-corrected chi connectivity index (χ1v) is 8.99. The third-order valence-electron chi connectivity index (χ3n) is 4.91. The molecule has 3 rings (SSSR count). The van der Waals surface area contributed by atoms with Gasteiger partial charge in [-0.25, -0.2) is 4.79 Å². The highest BCUT2D eigenvalue weighted by Crippen LogP contribution is 2.39. The Morgan fingerprint density at radius 1 is 1.00 bits per heavy atom. The second-order valence-electron chi connectivity index (χ2n) is 6.67. The minimum atomic E-state index is -0.646. The van der Waals surface area contributed by atoms with Crippen LogP contribution in [0.15, 0.2) is 79.9 Å². The van der Waals surface area contributed by atoms with Gasteiger partial charge in [0.25, 0.3) is 0 Å². The molecule has 1 atom stereocenters. The highest BCUT2D eigenvalue weighted by Gasteiger charge is 2.41. The van der Waals surface area contributed by atoms with Crippen molar-refractivity contribution in [2.75, 3.05) is 19.6 Å². The van der Waals surface area contributed by atoms with Crippen molar-refractivity contribution in [1.29, 1.82) is 0 Å². The molecule has 2 aromatic rings. The highest BCUT2D eigenvalue weighted by molar-refractivity contribution is 5.92. The summed E-state index contributed by atoms with van der Waals surface area (Å²) in [7, 11) is 0. The van der Waals surface area contributed by atoms with E-state index in [1.54, 1.807) is 0 Å². The number of ether oxygens (including phenoxy) is 1. The first-order chi connectivity index (χ1) is 12.7.